The Labute approximate surface area is 111 Å². The first-order chi connectivity index (χ1) is 8.64. The number of rotatable bonds is 5. The van der Waals surface area contributed by atoms with Gasteiger partial charge >= 0.3 is 0 Å². The van der Waals surface area contributed by atoms with Gasteiger partial charge in [-0.2, -0.15) is 4.31 Å². The van der Waals surface area contributed by atoms with Crippen LogP contribution >= 0.6 is 11.3 Å². The molecule has 0 spiro atoms. The van der Waals surface area contributed by atoms with Crippen LogP contribution in [0.1, 0.15) is 12.8 Å². The number of nitrogens with zero attached hydrogens (tertiary/aromatic N) is 1. The normalized spacial score (nSPS) is 19.2. The number of piperidine rings is 1. The van der Waals surface area contributed by atoms with Gasteiger partial charge < -0.3 is 9.84 Å². The van der Waals surface area contributed by atoms with E-state index < -0.39 is 10.0 Å². The Morgan fingerprint density at radius 2 is 2.17 bits per heavy atom. The van der Waals surface area contributed by atoms with Gasteiger partial charge in [0.1, 0.15) is 4.21 Å². The Balaban J connectivity index is 1.94. The molecule has 1 saturated heterocycles. The smallest absolute Gasteiger partial charge is 0.252 e. The Morgan fingerprint density at radius 3 is 2.72 bits per heavy atom. The van der Waals surface area contributed by atoms with E-state index in [0.29, 0.717) is 36.7 Å². The molecule has 0 aromatic carbocycles. The average molecular weight is 291 g/mol. The van der Waals surface area contributed by atoms with Crippen molar-refractivity contribution in [2.24, 2.45) is 0 Å². The van der Waals surface area contributed by atoms with E-state index in [9.17, 15) is 8.42 Å². The lowest BCUT2D eigenvalue weighted by molar-refractivity contribution is 0.00320. The van der Waals surface area contributed by atoms with Crippen LogP contribution in [0.25, 0.3) is 0 Å². The lowest BCUT2D eigenvalue weighted by Crippen LogP contribution is -2.40. The van der Waals surface area contributed by atoms with E-state index in [-0.39, 0.29) is 12.7 Å². The maximum absolute atomic E-state index is 12.2. The van der Waals surface area contributed by atoms with Crippen LogP contribution in [0, 0.1) is 0 Å². The van der Waals surface area contributed by atoms with Gasteiger partial charge in [0.15, 0.2) is 0 Å². The third-order valence-electron chi connectivity index (χ3n) is 2.94. The molecule has 0 unspecified atom stereocenters. The Kier molecular flexibility index (Phi) is 4.74. The quantitative estimate of drug-likeness (QED) is 0.875. The SMILES string of the molecule is O=S(=O)(c1cccs1)N1CCC(OCCO)CC1. The highest BCUT2D eigenvalue weighted by Crippen LogP contribution is 2.24. The number of aliphatic hydroxyl groups excluding tert-OH is 1. The van der Waals surface area contributed by atoms with Crippen molar-refractivity contribution in [2.45, 2.75) is 23.2 Å². The molecule has 7 heteroatoms. The molecule has 1 aliphatic heterocycles. The average Bonchev–Trinajstić information content (AvgIpc) is 2.91. The van der Waals surface area contributed by atoms with Crippen LogP contribution in [-0.4, -0.2) is 50.2 Å². The molecule has 1 N–H and O–H groups in total. The minimum atomic E-state index is -3.32. The van der Waals surface area contributed by atoms with Crippen molar-refractivity contribution in [3.63, 3.8) is 0 Å². The zero-order valence-electron chi connectivity index (χ0n) is 9.99. The zero-order chi connectivity index (χ0) is 13.0. The maximum Gasteiger partial charge on any atom is 0.252 e. The van der Waals surface area contributed by atoms with E-state index >= 15 is 0 Å². The molecule has 0 amide bonds. The van der Waals surface area contributed by atoms with Gasteiger partial charge in [-0.15, -0.1) is 11.3 Å². The topological polar surface area (TPSA) is 66.8 Å². The van der Waals surface area contributed by atoms with Crippen LogP contribution in [0.15, 0.2) is 21.7 Å². The highest BCUT2D eigenvalue weighted by atomic mass is 32.2. The molecule has 0 bridgehead atoms. The summed E-state index contributed by atoms with van der Waals surface area (Å²) >= 11 is 1.24. The van der Waals surface area contributed by atoms with E-state index in [4.69, 9.17) is 9.84 Å². The molecule has 0 radical (unpaired) electrons. The third kappa shape index (κ3) is 3.10. The second kappa shape index (κ2) is 6.12. The summed E-state index contributed by atoms with van der Waals surface area (Å²) in [4.78, 5) is 0. The Morgan fingerprint density at radius 1 is 1.44 bits per heavy atom. The third-order valence-corrected chi connectivity index (χ3v) is 6.21. The maximum atomic E-state index is 12.2. The van der Waals surface area contributed by atoms with Gasteiger partial charge in [0.2, 0.25) is 0 Å². The summed E-state index contributed by atoms with van der Waals surface area (Å²) in [5.74, 6) is 0. The van der Waals surface area contributed by atoms with Gasteiger partial charge in [0.25, 0.3) is 10.0 Å². The number of ether oxygens (including phenoxy) is 1. The van der Waals surface area contributed by atoms with Crippen molar-refractivity contribution in [1.29, 1.82) is 0 Å². The molecule has 2 heterocycles. The van der Waals surface area contributed by atoms with Crippen molar-refractivity contribution in [3.8, 4) is 0 Å². The molecule has 0 atom stereocenters. The lowest BCUT2D eigenvalue weighted by atomic mass is 10.1. The van der Waals surface area contributed by atoms with Gasteiger partial charge in [-0.25, -0.2) is 8.42 Å². The fraction of sp³-hybridized carbons (Fsp3) is 0.636. The van der Waals surface area contributed by atoms with Crippen LogP contribution in [-0.2, 0) is 14.8 Å². The zero-order valence-corrected chi connectivity index (χ0v) is 11.6. The Hall–Kier alpha value is -0.470. The summed E-state index contributed by atoms with van der Waals surface area (Å²) in [6, 6.07) is 3.38. The molecule has 0 aliphatic carbocycles. The van der Waals surface area contributed by atoms with E-state index in [1.165, 1.54) is 15.6 Å². The minimum absolute atomic E-state index is 0.00765. The summed E-state index contributed by atoms with van der Waals surface area (Å²) in [5, 5.41) is 10.4. The predicted octanol–water partition coefficient (Wildman–Crippen LogP) is 0.910. The fourth-order valence-corrected chi connectivity index (χ4v) is 4.61. The molecule has 1 aromatic heterocycles. The minimum Gasteiger partial charge on any atom is -0.394 e. The van der Waals surface area contributed by atoms with Crippen molar-refractivity contribution in [3.05, 3.63) is 17.5 Å². The van der Waals surface area contributed by atoms with Crippen LogP contribution in [0.3, 0.4) is 0 Å². The summed E-state index contributed by atoms with van der Waals surface area (Å²) < 4.78 is 31.8. The van der Waals surface area contributed by atoms with Gasteiger partial charge in [0, 0.05) is 13.1 Å². The van der Waals surface area contributed by atoms with Gasteiger partial charge in [0.05, 0.1) is 19.3 Å². The molecule has 1 aromatic rings. The van der Waals surface area contributed by atoms with Crippen molar-refractivity contribution in [1.82, 2.24) is 4.31 Å². The van der Waals surface area contributed by atoms with Crippen LogP contribution in [0.2, 0.25) is 0 Å². The predicted molar refractivity (Wildman–Crippen MR) is 69.1 cm³/mol. The summed E-state index contributed by atoms with van der Waals surface area (Å²) in [5.41, 5.74) is 0. The summed E-state index contributed by atoms with van der Waals surface area (Å²) in [6.07, 6.45) is 1.43. The van der Waals surface area contributed by atoms with E-state index in [1.54, 1.807) is 17.5 Å². The van der Waals surface area contributed by atoms with Crippen LogP contribution in [0.5, 0.6) is 0 Å². The number of hydrogen-bond acceptors (Lipinski definition) is 5. The first-order valence-electron chi connectivity index (χ1n) is 5.90. The molecule has 1 aliphatic rings. The fourth-order valence-electron chi connectivity index (χ4n) is 2.00. The molecule has 18 heavy (non-hydrogen) atoms. The monoisotopic (exact) mass is 291 g/mol. The standard InChI is InChI=1S/C11H17NO4S2/c13-7-8-16-10-3-5-12(6-4-10)18(14,15)11-2-1-9-17-11/h1-2,9-10,13H,3-8H2. The molecule has 2 rings (SSSR count). The molecule has 0 saturated carbocycles. The van der Waals surface area contributed by atoms with Gasteiger partial charge in [-0.05, 0) is 24.3 Å². The highest BCUT2D eigenvalue weighted by Gasteiger charge is 2.30. The first kappa shape index (κ1) is 14.0. The van der Waals surface area contributed by atoms with Crippen molar-refractivity contribution in [2.75, 3.05) is 26.3 Å². The lowest BCUT2D eigenvalue weighted by Gasteiger charge is -2.30. The summed E-state index contributed by atoms with van der Waals surface area (Å²) in [6.45, 7) is 1.29. The second-order valence-electron chi connectivity index (χ2n) is 4.13. The number of thiophene rings is 1. The molecule has 5 nitrogen and oxygen atoms in total. The number of aliphatic hydroxyl groups is 1. The largest absolute Gasteiger partial charge is 0.394 e. The number of hydrogen-bond donors (Lipinski definition) is 1. The summed E-state index contributed by atoms with van der Waals surface area (Å²) in [7, 11) is -3.32. The van der Waals surface area contributed by atoms with Crippen molar-refractivity contribution >= 4 is 21.4 Å². The van der Waals surface area contributed by atoms with Gasteiger partial charge in [-0.3, -0.25) is 0 Å². The Bertz CT molecular complexity index is 449. The van der Waals surface area contributed by atoms with Crippen LogP contribution < -0.4 is 0 Å². The highest BCUT2D eigenvalue weighted by molar-refractivity contribution is 7.91. The first-order valence-corrected chi connectivity index (χ1v) is 8.22. The van der Waals surface area contributed by atoms with Crippen molar-refractivity contribution < 1.29 is 18.3 Å². The van der Waals surface area contributed by atoms with Gasteiger partial charge in [-0.1, -0.05) is 6.07 Å². The molecule has 102 valence electrons. The van der Waals surface area contributed by atoms with Crippen LogP contribution in [0.4, 0.5) is 0 Å². The number of sulfonamides is 1. The molecular weight excluding hydrogens is 274 g/mol. The van der Waals surface area contributed by atoms with E-state index in [0.717, 1.165) is 0 Å². The second-order valence-corrected chi connectivity index (χ2v) is 7.24. The van der Waals surface area contributed by atoms with E-state index in [2.05, 4.69) is 0 Å². The molecule has 1 fully saturated rings. The van der Waals surface area contributed by atoms with E-state index in [1.807, 2.05) is 0 Å². The molecular formula is C11H17NO4S2.